The largest absolute Gasteiger partial charge is 0.492 e. The minimum Gasteiger partial charge on any atom is -0.492 e. The highest BCUT2D eigenvalue weighted by Gasteiger charge is 2.09. The Bertz CT molecular complexity index is 763. The molecule has 0 atom stereocenters. The molecular weight excluding hydrogens is 366 g/mol. The minimum absolute atomic E-state index is 0.0333. The molecule has 0 aliphatic rings. The zero-order chi connectivity index (χ0) is 20.9. The van der Waals surface area contributed by atoms with Crippen LogP contribution in [0.25, 0.3) is 0 Å². The van der Waals surface area contributed by atoms with Crippen LogP contribution in [-0.2, 0) is 11.2 Å². The van der Waals surface area contributed by atoms with Crippen LogP contribution in [0.2, 0.25) is 0 Å². The Hall–Kier alpha value is -3.09. The van der Waals surface area contributed by atoms with Gasteiger partial charge in [0.1, 0.15) is 18.9 Å². The standard InChI is InChI=1S/C22H31N5O2/c1-4-23-22(25-14-16-29-20-10-8-18(2)9-11-20)26-17-21(28)27(3)15-12-19-7-5-6-13-24-19/h5-11,13H,4,12,14-17H2,1-3H3,(H2,23,25,26). The number of pyridine rings is 1. The predicted octanol–water partition coefficient (Wildman–Crippen LogP) is 2.03. The molecule has 0 aliphatic carbocycles. The number of carbonyl (C=O) groups is 1. The van der Waals surface area contributed by atoms with E-state index in [1.54, 1.807) is 18.1 Å². The summed E-state index contributed by atoms with van der Waals surface area (Å²) in [6.45, 7) is 6.54. The van der Waals surface area contributed by atoms with Crippen molar-refractivity contribution in [1.29, 1.82) is 0 Å². The van der Waals surface area contributed by atoms with E-state index in [0.29, 0.717) is 32.2 Å². The van der Waals surface area contributed by atoms with E-state index >= 15 is 0 Å². The van der Waals surface area contributed by atoms with Crippen molar-refractivity contribution in [1.82, 2.24) is 20.5 Å². The first-order chi connectivity index (χ1) is 14.1. The number of amides is 1. The Kier molecular flexibility index (Phi) is 9.48. The first-order valence-corrected chi connectivity index (χ1v) is 9.94. The van der Waals surface area contributed by atoms with Crippen LogP contribution in [0.4, 0.5) is 0 Å². The molecule has 0 unspecified atom stereocenters. The molecule has 0 radical (unpaired) electrons. The molecule has 0 aliphatic heterocycles. The zero-order valence-electron chi connectivity index (χ0n) is 17.5. The fourth-order valence-corrected chi connectivity index (χ4v) is 2.53. The molecule has 0 fully saturated rings. The smallest absolute Gasteiger partial charge is 0.244 e. The zero-order valence-corrected chi connectivity index (χ0v) is 17.5. The van der Waals surface area contributed by atoms with Gasteiger partial charge in [-0.25, -0.2) is 4.99 Å². The highest BCUT2D eigenvalue weighted by atomic mass is 16.5. The number of aryl methyl sites for hydroxylation is 1. The predicted molar refractivity (Wildman–Crippen MR) is 116 cm³/mol. The van der Waals surface area contributed by atoms with Gasteiger partial charge in [0.25, 0.3) is 0 Å². The molecule has 29 heavy (non-hydrogen) atoms. The van der Waals surface area contributed by atoms with Gasteiger partial charge in [-0.2, -0.15) is 0 Å². The van der Waals surface area contributed by atoms with Crippen LogP contribution in [-0.4, -0.2) is 61.6 Å². The maximum Gasteiger partial charge on any atom is 0.244 e. The topological polar surface area (TPSA) is 78.9 Å². The molecule has 0 spiro atoms. The summed E-state index contributed by atoms with van der Waals surface area (Å²) in [5.74, 6) is 1.41. The summed E-state index contributed by atoms with van der Waals surface area (Å²) in [5.41, 5.74) is 2.17. The van der Waals surface area contributed by atoms with Gasteiger partial charge in [0.2, 0.25) is 5.91 Å². The van der Waals surface area contributed by atoms with E-state index in [4.69, 9.17) is 4.74 Å². The van der Waals surface area contributed by atoms with E-state index in [1.165, 1.54) is 5.56 Å². The highest BCUT2D eigenvalue weighted by Crippen LogP contribution is 2.10. The molecule has 0 saturated heterocycles. The third-order valence-electron chi connectivity index (χ3n) is 4.26. The number of rotatable bonds is 10. The average Bonchev–Trinajstić information content (AvgIpc) is 2.75. The first-order valence-electron chi connectivity index (χ1n) is 9.94. The lowest BCUT2D eigenvalue weighted by Crippen LogP contribution is -2.40. The highest BCUT2D eigenvalue weighted by molar-refractivity contribution is 5.84. The number of aromatic nitrogens is 1. The molecule has 0 saturated carbocycles. The quantitative estimate of drug-likeness (QED) is 0.364. The molecule has 2 N–H and O–H groups in total. The van der Waals surface area contributed by atoms with Crippen molar-refractivity contribution in [2.45, 2.75) is 20.3 Å². The van der Waals surface area contributed by atoms with Crippen molar-refractivity contribution < 1.29 is 9.53 Å². The molecule has 7 nitrogen and oxygen atoms in total. The first kappa shape index (κ1) is 22.2. The van der Waals surface area contributed by atoms with Crippen molar-refractivity contribution in [3.63, 3.8) is 0 Å². The number of carbonyl (C=O) groups excluding carboxylic acids is 1. The van der Waals surface area contributed by atoms with Gasteiger partial charge in [-0.15, -0.1) is 0 Å². The summed E-state index contributed by atoms with van der Waals surface area (Å²) < 4.78 is 5.70. The lowest BCUT2D eigenvalue weighted by atomic mass is 10.2. The molecule has 2 rings (SSSR count). The summed E-state index contributed by atoms with van der Waals surface area (Å²) in [6.07, 6.45) is 2.49. The summed E-state index contributed by atoms with van der Waals surface area (Å²) in [7, 11) is 1.79. The van der Waals surface area contributed by atoms with Crippen LogP contribution in [0.15, 0.2) is 53.7 Å². The minimum atomic E-state index is -0.0333. The van der Waals surface area contributed by atoms with Gasteiger partial charge in [-0.3, -0.25) is 9.78 Å². The van der Waals surface area contributed by atoms with Crippen LogP contribution in [0, 0.1) is 6.92 Å². The number of nitrogens with zero attached hydrogens (tertiary/aromatic N) is 3. The molecular formula is C22H31N5O2. The number of guanidine groups is 1. The molecule has 1 aromatic heterocycles. The second-order valence-electron chi connectivity index (χ2n) is 6.67. The second-order valence-corrected chi connectivity index (χ2v) is 6.67. The normalized spacial score (nSPS) is 11.1. The molecule has 156 valence electrons. The lowest BCUT2D eigenvalue weighted by molar-refractivity contribution is -0.128. The lowest BCUT2D eigenvalue weighted by Gasteiger charge is -2.17. The number of ether oxygens (including phenoxy) is 1. The number of aliphatic imine (C=N–C) groups is 1. The second kappa shape index (κ2) is 12.4. The summed E-state index contributed by atoms with van der Waals surface area (Å²) in [5, 5.41) is 6.33. The van der Waals surface area contributed by atoms with E-state index in [2.05, 4.69) is 20.6 Å². The SMILES string of the molecule is CCNC(=NCC(=O)N(C)CCc1ccccn1)NCCOc1ccc(C)cc1. The van der Waals surface area contributed by atoms with Crippen LogP contribution in [0.5, 0.6) is 5.75 Å². The van der Waals surface area contributed by atoms with Gasteiger partial charge in [0.05, 0.1) is 6.54 Å². The number of hydrogen-bond donors (Lipinski definition) is 2. The van der Waals surface area contributed by atoms with E-state index in [1.807, 2.05) is 56.3 Å². The number of hydrogen-bond acceptors (Lipinski definition) is 4. The van der Waals surface area contributed by atoms with Crippen molar-refractivity contribution in [2.24, 2.45) is 4.99 Å². The summed E-state index contributed by atoms with van der Waals surface area (Å²) >= 11 is 0. The monoisotopic (exact) mass is 397 g/mol. The van der Waals surface area contributed by atoms with E-state index in [-0.39, 0.29) is 12.5 Å². The average molecular weight is 398 g/mol. The van der Waals surface area contributed by atoms with Crippen molar-refractivity contribution in [2.75, 3.05) is 39.8 Å². The molecule has 1 heterocycles. The van der Waals surface area contributed by atoms with Gasteiger partial charge < -0.3 is 20.3 Å². The Morgan fingerprint density at radius 3 is 2.66 bits per heavy atom. The summed E-state index contributed by atoms with van der Waals surface area (Å²) in [4.78, 5) is 22.7. The maximum absolute atomic E-state index is 12.3. The van der Waals surface area contributed by atoms with E-state index in [0.717, 1.165) is 17.9 Å². The molecule has 0 bridgehead atoms. The Balaban J connectivity index is 1.73. The number of nitrogens with one attached hydrogen (secondary N) is 2. The van der Waals surface area contributed by atoms with Crippen LogP contribution in [0.1, 0.15) is 18.2 Å². The fraction of sp³-hybridized carbons (Fsp3) is 0.409. The molecule has 2 aromatic rings. The Morgan fingerprint density at radius 2 is 1.97 bits per heavy atom. The Morgan fingerprint density at radius 1 is 1.17 bits per heavy atom. The maximum atomic E-state index is 12.3. The van der Waals surface area contributed by atoms with Gasteiger partial charge in [0.15, 0.2) is 5.96 Å². The van der Waals surface area contributed by atoms with E-state index < -0.39 is 0 Å². The van der Waals surface area contributed by atoms with E-state index in [9.17, 15) is 4.79 Å². The van der Waals surface area contributed by atoms with Crippen LogP contribution >= 0.6 is 0 Å². The molecule has 1 aromatic carbocycles. The van der Waals surface area contributed by atoms with Gasteiger partial charge in [-0.05, 0) is 38.1 Å². The fourth-order valence-electron chi connectivity index (χ4n) is 2.53. The Labute approximate surface area is 173 Å². The third kappa shape index (κ3) is 8.64. The van der Waals surface area contributed by atoms with Crippen LogP contribution in [0.3, 0.4) is 0 Å². The number of benzene rings is 1. The molecule has 7 heteroatoms. The molecule has 1 amide bonds. The van der Waals surface area contributed by atoms with Crippen molar-refractivity contribution in [3.05, 3.63) is 59.9 Å². The summed E-state index contributed by atoms with van der Waals surface area (Å²) in [6, 6.07) is 13.7. The van der Waals surface area contributed by atoms with Gasteiger partial charge in [0, 0.05) is 38.4 Å². The number of likely N-dealkylation sites (N-methyl/N-ethyl adjacent to an activating group) is 1. The van der Waals surface area contributed by atoms with Gasteiger partial charge in [-0.1, -0.05) is 23.8 Å². The van der Waals surface area contributed by atoms with Gasteiger partial charge >= 0.3 is 0 Å². The van der Waals surface area contributed by atoms with Crippen LogP contribution < -0.4 is 15.4 Å². The van der Waals surface area contributed by atoms with Crippen molar-refractivity contribution >= 4 is 11.9 Å². The van der Waals surface area contributed by atoms with Crippen molar-refractivity contribution in [3.8, 4) is 5.75 Å². The third-order valence-corrected chi connectivity index (χ3v) is 4.26.